The minimum Gasteiger partial charge on any atom is -0.383 e. The number of benzene rings is 1. The predicted molar refractivity (Wildman–Crippen MR) is 71.7 cm³/mol. The van der Waals surface area contributed by atoms with Gasteiger partial charge >= 0.3 is 0 Å². The van der Waals surface area contributed by atoms with Gasteiger partial charge in [-0.3, -0.25) is 4.79 Å². The second-order valence-corrected chi connectivity index (χ2v) is 5.11. The molecule has 1 aromatic carbocycles. The van der Waals surface area contributed by atoms with Crippen LogP contribution in [0.15, 0.2) is 18.2 Å². The van der Waals surface area contributed by atoms with Crippen molar-refractivity contribution < 1.29 is 9.53 Å². The number of nitrogens with one attached hydrogen (secondary N) is 1. The second-order valence-electron chi connectivity index (χ2n) is 5.11. The summed E-state index contributed by atoms with van der Waals surface area (Å²) in [6.45, 7) is 4.52. The van der Waals surface area contributed by atoms with Crippen molar-refractivity contribution in [3.8, 4) is 0 Å². The van der Waals surface area contributed by atoms with Gasteiger partial charge in [0.1, 0.15) is 5.78 Å². The van der Waals surface area contributed by atoms with Crippen LogP contribution in [0.4, 0.5) is 0 Å². The molecule has 3 heteroatoms. The molecule has 0 unspecified atom stereocenters. The number of methoxy groups -OCH3 is 1. The number of carbonyl (C=O) groups excluding carboxylic acids is 1. The van der Waals surface area contributed by atoms with Crippen LogP contribution in [-0.2, 0) is 22.4 Å². The normalized spacial score (nSPS) is 22.6. The van der Waals surface area contributed by atoms with E-state index in [-0.39, 0.29) is 5.78 Å². The molecular formula is C15H21NO2. The Balaban J connectivity index is 2.31. The van der Waals surface area contributed by atoms with Gasteiger partial charge in [-0.25, -0.2) is 0 Å². The highest BCUT2D eigenvalue weighted by molar-refractivity contribution is 5.78. The molecule has 0 aliphatic carbocycles. The Hall–Kier alpha value is -1.19. The lowest BCUT2D eigenvalue weighted by Gasteiger charge is -2.32. The van der Waals surface area contributed by atoms with Crippen LogP contribution in [-0.4, -0.2) is 25.5 Å². The lowest BCUT2D eigenvalue weighted by Crippen LogP contribution is -2.41. The number of carbonyl (C=O) groups is 1. The van der Waals surface area contributed by atoms with E-state index in [1.807, 2.05) is 6.07 Å². The molecule has 2 rings (SSSR count). The highest BCUT2D eigenvalue weighted by atomic mass is 16.5. The first-order chi connectivity index (χ1) is 8.61. The molecule has 3 nitrogen and oxygen atoms in total. The highest BCUT2D eigenvalue weighted by Crippen LogP contribution is 2.28. The molecule has 1 N–H and O–H groups in total. The van der Waals surface area contributed by atoms with Gasteiger partial charge in [0.25, 0.3) is 0 Å². The molecule has 1 aliphatic heterocycles. The Morgan fingerprint density at radius 2 is 2.28 bits per heavy atom. The van der Waals surface area contributed by atoms with E-state index in [4.69, 9.17) is 4.74 Å². The van der Waals surface area contributed by atoms with Gasteiger partial charge in [-0.15, -0.1) is 0 Å². The molecule has 0 saturated heterocycles. The van der Waals surface area contributed by atoms with Crippen molar-refractivity contribution in [2.75, 3.05) is 13.7 Å². The fourth-order valence-corrected chi connectivity index (χ4v) is 2.80. The molecule has 0 bridgehead atoms. The summed E-state index contributed by atoms with van der Waals surface area (Å²) in [5.74, 6) is 0.220. The first-order valence-electron chi connectivity index (χ1n) is 6.47. The number of Topliss-reactive ketones (excluding diaryl/α,β-unsaturated/α-hetero) is 1. The molecule has 0 amide bonds. The van der Waals surface area contributed by atoms with Crippen LogP contribution in [0.2, 0.25) is 0 Å². The molecule has 0 spiro atoms. The van der Waals surface area contributed by atoms with Crippen molar-refractivity contribution >= 4 is 5.78 Å². The van der Waals surface area contributed by atoms with Gasteiger partial charge < -0.3 is 10.1 Å². The van der Waals surface area contributed by atoms with Crippen LogP contribution in [0.3, 0.4) is 0 Å². The maximum atomic E-state index is 11.3. The second kappa shape index (κ2) is 5.63. The van der Waals surface area contributed by atoms with Gasteiger partial charge in [0.05, 0.1) is 6.61 Å². The Bertz CT molecular complexity index is 442. The molecule has 1 aliphatic rings. The summed E-state index contributed by atoms with van der Waals surface area (Å²) in [7, 11) is 1.73. The zero-order chi connectivity index (χ0) is 13.1. The average Bonchev–Trinajstić information content (AvgIpc) is 2.30. The first-order valence-corrected chi connectivity index (χ1v) is 6.47. The van der Waals surface area contributed by atoms with Gasteiger partial charge in [0.15, 0.2) is 0 Å². The summed E-state index contributed by atoms with van der Waals surface area (Å²) in [6.07, 6.45) is 1.48. The number of fused-ring (bicyclic) bond motifs is 1. The van der Waals surface area contributed by atoms with E-state index in [1.54, 1.807) is 14.0 Å². The van der Waals surface area contributed by atoms with Crippen LogP contribution < -0.4 is 5.32 Å². The molecule has 18 heavy (non-hydrogen) atoms. The number of rotatable bonds is 4. The lowest BCUT2D eigenvalue weighted by atomic mass is 9.86. The molecule has 0 aromatic heterocycles. The Morgan fingerprint density at radius 3 is 2.94 bits per heavy atom. The Labute approximate surface area is 109 Å². The highest BCUT2D eigenvalue weighted by Gasteiger charge is 2.25. The van der Waals surface area contributed by atoms with Crippen molar-refractivity contribution in [3.63, 3.8) is 0 Å². The summed E-state index contributed by atoms with van der Waals surface area (Å²) >= 11 is 0. The molecule has 1 aromatic rings. The van der Waals surface area contributed by atoms with E-state index < -0.39 is 0 Å². The molecule has 0 saturated carbocycles. The average molecular weight is 247 g/mol. The van der Waals surface area contributed by atoms with Crippen molar-refractivity contribution in [2.24, 2.45) is 0 Å². The molecule has 0 radical (unpaired) electrons. The smallest absolute Gasteiger partial charge is 0.134 e. The van der Waals surface area contributed by atoms with Crippen LogP contribution in [0.25, 0.3) is 0 Å². The van der Waals surface area contributed by atoms with Crippen molar-refractivity contribution in [1.29, 1.82) is 0 Å². The van der Waals surface area contributed by atoms with Crippen LogP contribution >= 0.6 is 0 Å². The molecule has 2 atom stereocenters. The monoisotopic (exact) mass is 247 g/mol. The maximum Gasteiger partial charge on any atom is 0.134 e. The van der Waals surface area contributed by atoms with E-state index in [9.17, 15) is 4.79 Å². The topological polar surface area (TPSA) is 38.3 Å². The Kier molecular flexibility index (Phi) is 4.15. The van der Waals surface area contributed by atoms with E-state index in [0.717, 1.165) is 6.42 Å². The maximum absolute atomic E-state index is 11.3. The fourth-order valence-electron chi connectivity index (χ4n) is 2.80. The minimum atomic E-state index is 0.220. The third-order valence-electron chi connectivity index (χ3n) is 3.52. The van der Waals surface area contributed by atoms with E-state index in [2.05, 4.69) is 24.4 Å². The van der Waals surface area contributed by atoms with E-state index >= 15 is 0 Å². The number of hydrogen-bond acceptors (Lipinski definition) is 3. The summed E-state index contributed by atoms with van der Waals surface area (Å²) in [6, 6.07) is 6.93. The van der Waals surface area contributed by atoms with E-state index in [0.29, 0.717) is 25.1 Å². The quantitative estimate of drug-likeness (QED) is 0.885. The third kappa shape index (κ3) is 2.79. The van der Waals surface area contributed by atoms with Gasteiger partial charge in [-0.05, 0) is 37.0 Å². The molecule has 0 fully saturated rings. The zero-order valence-corrected chi connectivity index (χ0v) is 11.3. The standard InChI is InChI=1S/C15H21NO2/c1-10(17)7-12-5-4-6-14-11(2)16-13(9-18-3)8-15(12)14/h4-6,11,13,16H,7-9H2,1-3H3/t11-,13+/m0/s1. The van der Waals surface area contributed by atoms with Crippen LogP contribution in [0.1, 0.15) is 36.6 Å². The number of ketones is 1. The van der Waals surface area contributed by atoms with Gasteiger partial charge in [0.2, 0.25) is 0 Å². The van der Waals surface area contributed by atoms with Crippen molar-refractivity contribution in [1.82, 2.24) is 5.32 Å². The fraction of sp³-hybridized carbons (Fsp3) is 0.533. The zero-order valence-electron chi connectivity index (χ0n) is 11.3. The summed E-state index contributed by atoms with van der Waals surface area (Å²) in [5, 5.41) is 3.54. The van der Waals surface area contributed by atoms with Crippen LogP contribution in [0, 0.1) is 0 Å². The van der Waals surface area contributed by atoms with Gasteiger partial charge in [-0.1, -0.05) is 18.2 Å². The lowest BCUT2D eigenvalue weighted by molar-refractivity contribution is -0.116. The van der Waals surface area contributed by atoms with Crippen molar-refractivity contribution in [2.45, 2.75) is 38.8 Å². The van der Waals surface area contributed by atoms with Crippen molar-refractivity contribution in [3.05, 3.63) is 34.9 Å². The number of hydrogen-bond donors (Lipinski definition) is 1. The SMILES string of the molecule is COC[C@H]1Cc2c(CC(C)=O)cccc2[C@H](C)N1. The summed E-state index contributed by atoms with van der Waals surface area (Å²) in [5.41, 5.74) is 3.83. The molecule has 1 heterocycles. The summed E-state index contributed by atoms with van der Waals surface area (Å²) < 4.78 is 5.24. The third-order valence-corrected chi connectivity index (χ3v) is 3.52. The Morgan fingerprint density at radius 1 is 1.50 bits per heavy atom. The summed E-state index contributed by atoms with van der Waals surface area (Å²) in [4.78, 5) is 11.3. The van der Waals surface area contributed by atoms with Gasteiger partial charge in [-0.2, -0.15) is 0 Å². The molecular weight excluding hydrogens is 226 g/mol. The van der Waals surface area contributed by atoms with Gasteiger partial charge in [0, 0.05) is 25.6 Å². The number of ether oxygens (including phenoxy) is 1. The van der Waals surface area contributed by atoms with E-state index in [1.165, 1.54) is 16.7 Å². The largest absolute Gasteiger partial charge is 0.383 e. The first kappa shape index (κ1) is 13.2. The minimum absolute atomic E-state index is 0.220. The molecule has 98 valence electrons. The van der Waals surface area contributed by atoms with Crippen LogP contribution in [0.5, 0.6) is 0 Å². The predicted octanol–water partition coefficient (Wildman–Crippen LogP) is 2.04.